The molecule has 0 unspecified atom stereocenters. The molecule has 0 saturated carbocycles. The van der Waals surface area contributed by atoms with Gasteiger partial charge < -0.3 is 4.74 Å². The van der Waals surface area contributed by atoms with Gasteiger partial charge >= 0.3 is 0 Å². The number of ether oxygens (including phenoxy) is 1. The topological polar surface area (TPSA) is 67.4 Å². The molecule has 0 fully saturated rings. The molecule has 3 aromatic carbocycles. The van der Waals surface area contributed by atoms with Crippen molar-refractivity contribution in [1.29, 1.82) is 0 Å². The molecule has 0 spiro atoms. The van der Waals surface area contributed by atoms with E-state index in [2.05, 4.69) is 10.9 Å². The predicted octanol–water partition coefficient (Wildman–Crippen LogP) is 3.41. The van der Waals surface area contributed by atoms with E-state index < -0.39 is 5.91 Å². The summed E-state index contributed by atoms with van der Waals surface area (Å²) in [6, 6.07) is 21.8. The second-order valence-corrected chi connectivity index (χ2v) is 6.08. The van der Waals surface area contributed by atoms with Gasteiger partial charge in [-0.15, -0.1) is 0 Å². The summed E-state index contributed by atoms with van der Waals surface area (Å²) in [5.74, 6) is -0.781. The van der Waals surface area contributed by atoms with E-state index in [1.165, 1.54) is 12.1 Å². The van der Waals surface area contributed by atoms with Gasteiger partial charge in [-0.1, -0.05) is 54.6 Å². The number of rotatable bonds is 6. The Kier molecular flexibility index (Phi) is 6.36. The molecule has 2 amide bonds. The molecule has 2 N–H and O–H groups in total. The van der Waals surface area contributed by atoms with Gasteiger partial charge in [-0.2, -0.15) is 0 Å². The summed E-state index contributed by atoms with van der Waals surface area (Å²) in [5, 5.41) is 0. The Morgan fingerprint density at radius 3 is 2.21 bits per heavy atom. The van der Waals surface area contributed by atoms with Gasteiger partial charge in [-0.3, -0.25) is 20.4 Å². The lowest BCUT2D eigenvalue weighted by atomic mass is 10.1. The van der Waals surface area contributed by atoms with Crippen LogP contribution in [-0.2, 0) is 17.8 Å². The van der Waals surface area contributed by atoms with Crippen LogP contribution in [0.5, 0.6) is 5.75 Å². The van der Waals surface area contributed by atoms with E-state index in [1.54, 1.807) is 36.4 Å². The van der Waals surface area contributed by atoms with Crippen molar-refractivity contribution in [1.82, 2.24) is 10.9 Å². The summed E-state index contributed by atoms with van der Waals surface area (Å²) < 4.78 is 18.7. The van der Waals surface area contributed by atoms with Crippen molar-refractivity contribution in [3.05, 3.63) is 101 Å². The minimum Gasteiger partial charge on any atom is -0.488 e. The van der Waals surface area contributed by atoms with Crippen LogP contribution in [0.3, 0.4) is 0 Å². The molecule has 0 aliphatic heterocycles. The summed E-state index contributed by atoms with van der Waals surface area (Å²) in [7, 11) is 0. The average Bonchev–Trinajstić information content (AvgIpc) is 2.72. The van der Waals surface area contributed by atoms with Gasteiger partial charge in [-0.05, 0) is 35.4 Å². The second kappa shape index (κ2) is 9.32. The third-order valence-corrected chi connectivity index (χ3v) is 3.96. The first kappa shape index (κ1) is 19.1. The minimum atomic E-state index is -0.490. The number of hydrazine groups is 1. The summed E-state index contributed by atoms with van der Waals surface area (Å²) in [4.78, 5) is 24.4. The highest BCUT2D eigenvalue weighted by Crippen LogP contribution is 2.19. The molecule has 0 heterocycles. The molecule has 0 aliphatic rings. The Morgan fingerprint density at radius 2 is 1.46 bits per heavy atom. The lowest BCUT2D eigenvalue weighted by Gasteiger charge is -2.12. The number of amides is 2. The molecule has 0 atom stereocenters. The number of nitrogens with one attached hydrogen (secondary N) is 2. The van der Waals surface area contributed by atoms with Gasteiger partial charge in [0.25, 0.3) is 5.91 Å². The monoisotopic (exact) mass is 378 g/mol. The van der Waals surface area contributed by atoms with Crippen molar-refractivity contribution in [2.45, 2.75) is 13.0 Å². The van der Waals surface area contributed by atoms with E-state index in [4.69, 9.17) is 4.74 Å². The highest BCUT2D eigenvalue weighted by molar-refractivity contribution is 5.97. The SMILES string of the molecule is O=C(Cc1ccccc1)NNC(=O)c1ccccc1OCc1ccc(F)cc1. The summed E-state index contributed by atoms with van der Waals surface area (Å²) in [5.41, 5.74) is 6.70. The lowest BCUT2D eigenvalue weighted by Crippen LogP contribution is -2.42. The molecule has 0 bridgehead atoms. The number of para-hydroxylation sites is 1. The van der Waals surface area contributed by atoms with Gasteiger partial charge in [0.1, 0.15) is 18.2 Å². The van der Waals surface area contributed by atoms with Gasteiger partial charge in [0.2, 0.25) is 5.91 Å². The first-order valence-electron chi connectivity index (χ1n) is 8.71. The summed E-state index contributed by atoms with van der Waals surface area (Å²) in [6.45, 7) is 0.185. The van der Waals surface area contributed by atoms with Crippen molar-refractivity contribution >= 4 is 11.8 Å². The van der Waals surface area contributed by atoms with Crippen LogP contribution in [-0.4, -0.2) is 11.8 Å². The molecular weight excluding hydrogens is 359 g/mol. The molecule has 3 rings (SSSR count). The normalized spacial score (nSPS) is 10.2. The van der Waals surface area contributed by atoms with E-state index >= 15 is 0 Å². The maximum atomic E-state index is 13.0. The zero-order valence-corrected chi connectivity index (χ0v) is 15.0. The van der Waals surface area contributed by atoms with Crippen LogP contribution in [0.4, 0.5) is 4.39 Å². The molecule has 142 valence electrons. The van der Waals surface area contributed by atoms with Crippen LogP contribution in [0.1, 0.15) is 21.5 Å². The molecule has 3 aromatic rings. The van der Waals surface area contributed by atoms with Crippen molar-refractivity contribution in [2.24, 2.45) is 0 Å². The number of hydrogen-bond acceptors (Lipinski definition) is 3. The Balaban J connectivity index is 1.57. The van der Waals surface area contributed by atoms with E-state index in [1.807, 2.05) is 30.3 Å². The number of halogens is 1. The molecule has 0 aromatic heterocycles. The van der Waals surface area contributed by atoms with Crippen LogP contribution in [0.2, 0.25) is 0 Å². The molecule has 28 heavy (non-hydrogen) atoms. The quantitative estimate of drug-likeness (QED) is 0.646. The van der Waals surface area contributed by atoms with E-state index in [0.717, 1.165) is 11.1 Å². The maximum absolute atomic E-state index is 13.0. The molecule has 6 heteroatoms. The van der Waals surface area contributed by atoms with E-state index in [9.17, 15) is 14.0 Å². The van der Waals surface area contributed by atoms with Crippen LogP contribution in [0, 0.1) is 5.82 Å². The Hall–Kier alpha value is -3.67. The van der Waals surface area contributed by atoms with E-state index in [-0.39, 0.29) is 30.3 Å². The smallest absolute Gasteiger partial charge is 0.273 e. The predicted molar refractivity (Wildman–Crippen MR) is 103 cm³/mol. The number of carbonyl (C=O) groups excluding carboxylic acids is 2. The maximum Gasteiger partial charge on any atom is 0.273 e. The summed E-state index contributed by atoms with van der Waals surface area (Å²) in [6.07, 6.45) is 0.157. The van der Waals surface area contributed by atoms with Gasteiger partial charge in [0.15, 0.2) is 0 Å². The fourth-order valence-electron chi connectivity index (χ4n) is 2.54. The first-order chi connectivity index (χ1) is 13.6. The van der Waals surface area contributed by atoms with Crippen LogP contribution >= 0.6 is 0 Å². The van der Waals surface area contributed by atoms with Crippen molar-refractivity contribution in [3.8, 4) is 5.75 Å². The standard InChI is InChI=1S/C22H19FN2O3/c23-18-12-10-17(11-13-18)15-28-20-9-5-4-8-19(20)22(27)25-24-21(26)14-16-6-2-1-3-7-16/h1-13H,14-15H2,(H,24,26)(H,25,27). The fraction of sp³-hybridized carbons (Fsp3) is 0.0909. The Morgan fingerprint density at radius 1 is 0.786 bits per heavy atom. The number of carbonyl (C=O) groups is 2. The molecule has 5 nitrogen and oxygen atoms in total. The Labute approximate surface area is 162 Å². The van der Waals surface area contributed by atoms with Crippen molar-refractivity contribution in [2.75, 3.05) is 0 Å². The highest BCUT2D eigenvalue weighted by Gasteiger charge is 2.13. The zero-order valence-electron chi connectivity index (χ0n) is 15.0. The van der Waals surface area contributed by atoms with Crippen molar-refractivity contribution in [3.63, 3.8) is 0 Å². The molecular formula is C22H19FN2O3. The molecule has 0 saturated heterocycles. The second-order valence-electron chi connectivity index (χ2n) is 6.08. The first-order valence-corrected chi connectivity index (χ1v) is 8.71. The highest BCUT2D eigenvalue weighted by atomic mass is 19.1. The fourth-order valence-corrected chi connectivity index (χ4v) is 2.54. The number of benzene rings is 3. The molecule has 0 aliphatic carbocycles. The van der Waals surface area contributed by atoms with Gasteiger partial charge in [-0.25, -0.2) is 4.39 Å². The third kappa shape index (κ3) is 5.41. The molecule has 0 radical (unpaired) electrons. The van der Waals surface area contributed by atoms with Crippen LogP contribution < -0.4 is 15.6 Å². The minimum absolute atomic E-state index is 0.157. The van der Waals surface area contributed by atoms with Crippen LogP contribution in [0.25, 0.3) is 0 Å². The Bertz CT molecular complexity index is 944. The summed E-state index contributed by atoms with van der Waals surface area (Å²) >= 11 is 0. The lowest BCUT2D eigenvalue weighted by molar-refractivity contribution is -0.121. The average molecular weight is 378 g/mol. The number of hydrogen-bond donors (Lipinski definition) is 2. The van der Waals surface area contributed by atoms with E-state index in [0.29, 0.717) is 5.75 Å². The van der Waals surface area contributed by atoms with Crippen LogP contribution in [0.15, 0.2) is 78.9 Å². The largest absolute Gasteiger partial charge is 0.488 e. The third-order valence-electron chi connectivity index (χ3n) is 3.96. The zero-order chi connectivity index (χ0) is 19.8. The van der Waals surface area contributed by atoms with Crippen molar-refractivity contribution < 1.29 is 18.7 Å². The van der Waals surface area contributed by atoms with Gasteiger partial charge in [0.05, 0.1) is 12.0 Å². The van der Waals surface area contributed by atoms with Gasteiger partial charge in [0, 0.05) is 0 Å².